The minimum absolute atomic E-state index is 0.00736. The highest BCUT2D eigenvalue weighted by Gasteiger charge is 2.20. The number of hydrogen-bond acceptors (Lipinski definition) is 3. The summed E-state index contributed by atoms with van der Waals surface area (Å²) in [7, 11) is 0. The van der Waals surface area contributed by atoms with Gasteiger partial charge >= 0.3 is 0 Å². The lowest BCUT2D eigenvalue weighted by molar-refractivity contribution is 0.0935. The van der Waals surface area contributed by atoms with Crippen molar-refractivity contribution in [2.24, 2.45) is 0 Å². The smallest absolute Gasteiger partial charge is 0.251 e. The molecule has 1 unspecified atom stereocenters. The summed E-state index contributed by atoms with van der Waals surface area (Å²) >= 11 is 1.67. The summed E-state index contributed by atoms with van der Waals surface area (Å²) in [5.41, 5.74) is 5.73. The van der Waals surface area contributed by atoms with Crippen molar-refractivity contribution in [2.45, 2.75) is 18.9 Å². The third-order valence-electron chi connectivity index (χ3n) is 4.24. The molecule has 1 aliphatic rings. The van der Waals surface area contributed by atoms with Crippen LogP contribution in [0.2, 0.25) is 0 Å². The number of thioether (sulfide) groups is 1. The molecule has 0 fully saturated rings. The van der Waals surface area contributed by atoms with E-state index < -0.39 is 0 Å². The van der Waals surface area contributed by atoms with Crippen LogP contribution in [0.4, 0.5) is 0 Å². The number of carbonyl (C=O) groups excluding carboxylic acids is 1. The quantitative estimate of drug-likeness (QED) is 0.731. The zero-order valence-corrected chi connectivity index (χ0v) is 14.0. The van der Waals surface area contributed by atoms with Crippen molar-refractivity contribution in [3.63, 3.8) is 0 Å². The standard InChI is InChI=1S/C19H21NO2S/c1-23-12-16(8-9-21)20-19(22)14-6-7-18-15(11-14)10-13-4-2-3-5-17(13)18/h2-7,11,16,21H,8-10,12H2,1H3,(H,20,22). The van der Waals surface area contributed by atoms with Crippen LogP contribution in [0.5, 0.6) is 0 Å². The third-order valence-corrected chi connectivity index (χ3v) is 4.97. The van der Waals surface area contributed by atoms with Gasteiger partial charge < -0.3 is 10.4 Å². The molecular formula is C19H21NO2S. The summed E-state index contributed by atoms with van der Waals surface area (Å²) in [5.74, 6) is 0.749. The van der Waals surface area contributed by atoms with E-state index >= 15 is 0 Å². The summed E-state index contributed by atoms with van der Waals surface area (Å²) in [6, 6.07) is 14.3. The molecule has 2 aromatic rings. The Balaban J connectivity index is 1.78. The number of fused-ring (bicyclic) bond motifs is 3. The Bertz CT molecular complexity index is 708. The molecule has 2 N–H and O–H groups in total. The monoisotopic (exact) mass is 327 g/mol. The van der Waals surface area contributed by atoms with E-state index in [9.17, 15) is 4.79 Å². The fourth-order valence-corrected chi connectivity index (χ4v) is 3.76. The second-order valence-electron chi connectivity index (χ2n) is 5.84. The van der Waals surface area contributed by atoms with E-state index in [-0.39, 0.29) is 18.6 Å². The molecule has 0 aromatic heterocycles. The second kappa shape index (κ2) is 7.20. The molecule has 23 heavy (non-hydrogen) atoms. The van der Waals surface area contributed by atoms with Crippen LogP contribution in [0.15, 0.2) is 42.5 Å². The molecule has 0 spiro atoms. The van der Waals surface area contributed by atoms with Crippen LogP contribution in [0.3, 0.4) is 0 Å². The van der Waals surface area contributed by atoms with Crippen LogP contribution in [0.1, 0.15) is 27.9 Å². The van der Waals surface area contributed by atoms with Gasteiger partial charge in [0.1, 0.15) is 0 Å². The first-order chi connectivity index (χ1) is 11.2. The van der Waals surface area contributed by atoms with Gasteiger partial charge in [0.05, 0.1) is 0 Å². The Morgan fingerprint density at radius 3 is 2.78 bits per heavy atom. The van der Waals surface area contributed by atoms with Crippen LogP contribution >= 0.6 is 11.8 Å². The van der Waals surface area contributed by atoms with Crippen molar-refractivity contribution in [1.82, 2.24) is 5.32 Å². The molecule has 1 aliphatic carbocycles. The highest BCUT2D eigenvalue weighted by molar-refractivity contribution is 7.98. The van der Waals surface area contributed by atoms with Crippen LogP contribution in [-0.4, -0.2) is 35.7 Å². The summed E-state index contributed by atoms with van der Waals surface area (Å²) in [5, 5.41) is 12.1. The number of hydrogen-bond donors (Lipinski definition) is 2. The van der Waals surface area contributed by atoms with Crippen molar-refractivity contribution in [1.29, 1.82) is 0 Å². The largest absolute Gasteiger partial charge is 0.396 e. The summed E-state index contributed by atoms with van der Waals surface area (Å²) in [6.45, 7) is 0.0883. The van der Waals surface area contributed by atoms with Gasteiger partial charge in [-0.25, -0.2) is 0 Å². The molecule has 0 saturated heterocycles. The van der Waals surface area contributed by atoms with Crippen LogP contribution < -0.4 is 5.32 Å². The summed E-state index contributed by atoms with van der Waals surface area (Å²) in [4.78, 5) is 12.5. The number of aliphatic hydroxyl groups excluding tert-OH is 1. The molecule has 1 atom stereocenters. The van der Waals surface area contributed by atoms with E-state index in [2.05, 4.69) is 29.6 Å². The number of amides is 1. The molecular weight excluding hydrogens is 306 g/mol. The number of carbonyl (C=O) groups is 1. The number of aliphatic hydroxyl groups is 1. The van der Waals surface area contributed by atoms with E-state index in [0.29, 0.717) is 12.0 Å². The fraction of sp³-hybridized carbons (Fsp3) is 0.316. The van der Waals surface area contributed by atoms with Gasteiger partial charge in [0.25, 0.3) is 5.91 Å². The Kier molecular flexibility index (Phi) is 5.03. The fourth-order valence-electron chi connectivity index (χ4n) is 3.11. The number of rotatable bonds is 6. The van der Waals surface area contributed by atoms with E-state index in [1.54, 1.807) is 11.8 Å². The lowest BCUT2D eigenvalue weighted by Crippen LogP contribution is -2.37. The first-order valence-electron chi connectivity index (χ1n) is 7.84. The Morgan fingerprint density at radius 1 is 1.22 bits per heavy atom. The van der Waals surface area contributed by atoms with Crippen LogP contribution in [0, 0.1) is 0 Å². The van der Waals surface area contributed by atoms with Crippen molar-refractivity contribution in [2.75, 3.05) is 18.6 Å². The van der Waals surface area contributed by atoms with Gasteiger partial charge in [-0.1, -0.05) is 30.3 Å². The van der Waals surface area contributed by atoms with E-state index in [0.717, 1.165) is 12.2 Å². The molecule has 0 radical (unpaired) electrons. The van der Waals surface area contributed by atoms with Crippen molar-refractivity contribution < 1.29 is 9.90 Å². The molecule has 0 saturated carbocycles. The molecule has 0 heterocycles. The molecule has 3 nitrogen and oxygen atoms in total. The zero-order valence-electron chi connectivity index (χ0n) is 13.2. The Hall–Kier alpha value is -1.78. The van der Waals surface area contributed by atoms with Gasteiger partial charge in [-0.3, -0.25) is 4.79 Å². The van der Waals surface area contributed by atoms with Crippen LogP contribution in [0.25, 0.3) is 11.1 Å². The van der Waals surface area contributed by atoms with Gasteiger partial charge in [0, 0.05) is 24.0 Å². The van der Waals surface area contributed by atoms with Gasteiger partial charge in [0.15, 0.2) is 0 Å². The summed E-state index contributed by atoms with van der Waals surface area (Å²) < 4.78 is 0. The van der Waals surface area contributed by atoms with Gasteiger partial charge in [-0.2, -0.15) is 11.8 Å². The molecule has 2 aromatic carbocycles. The van der Waals surface area contributed by atoms with Crippen molar-refractivity contribution in [3.8, 4) is 11.1 Å². The molecule has 120 valence electrons. The third kappa shape index (κ3) is 3.43. The van der Waals surface area contributed by atoms with E-state index in [4.69, 9.17) is 5.11 Å². The maximum Gasteiger partial charge on any atom is 0.251 e. The second-order valence-corrected chi connectivity index (χ2v) is 6.75. The average Bonchev–Trinajstić information content (AvgIpc) is 2.93. The molecule has 0 aliphatic heterocycles. The molecule has 3 rings (SSSR count). The number of benzene rings is 2. The first-order valence-corrected chi connectivity index (χ1v) is 9.24. The first kappa shape index (κ1) is 16.1. The maximum absolute atomic E-state index is 12.5. The Labute approximate surface area is 141 Å². The van der Waals surface area contributed by atoms with E-state index in [1.807, 2.05) is 24.5 Å². The average molecular weight is 327 g/mol. The Morgan fingerprint density at radius 2 is 2.00 bits per heavy atom. The predicted octanol–water partition coefficient (Wildman–Crippen LogP) is 3.10. The zero-order chi connectivity index (χ0) is 16.2. The minimum Gasteiger partial charge on any atom is -0.396 e. The molecule has 4 heteroatoms. The lowest BCUT2D eigenvalue weighted by Gasteiger charge is -2.17. The highest BCUT2D eigenvalue weighted by Crippen LogP contribution is 2.36. The highest BCUT2D eigenvalue weighted by atomic mass is 32.2. The van der Waals surface area contributed by atoms with Crippen molar-refractivity contribution >= 4 is 17.7 Å². The maximum atomic E-state index is 12.5. The van der Waals surface area contributed by atoms with Gasteiger partial charge in [-0.15, -0.1) is 0 Å². The number of nitrogens with one attached hydrogen (secondary N) is 1. The van der Waals surface area contributed by atoms with Crippen molar-refractivity contribution in [3.05, 3.63) is 59.2 Å². The molecule has 0 bridgehead atoms. The normalized spacial score (nSPS) is 13.3. The van der Waals surface area contributed by atoms with Crippen LogP contribution in [-0.2, 0) is 6.42 Å². The molecule has 1 amide bonds. The van der Waals surface area contributed by atoms with Gasteiger partial charge in [0.2, 0.25) is 0 Å². The summed E-state index contributed by atoms with van der Waals surface area (Å²) in [6.07, 6.45) is 3.48. The van der Waals surface area contributed by atoms with Gasteiger partial charge in [-0.05, 0) is 53.5 Å². The topological polar surface area (TPSA) is 49.3 Å². The predicted molar refractivity (Wildman–Crippen MR) is 96.0 cm³/mol. The SMILES string of the molecule is CSCC(CCO)NC(=O)c1ccc2c(c1)Cc1ccccc1-2. The lowest BCUT2D eigenvalue weighted by atomic mass is 10.0. The van der Waals surface area contributed by atoms with E-state index in [1.165, 1.54) is 22.3 Å². The minimum atomic E-state index is -0.0590.